The Balaban J connectivity index is 3.50. The molecule has 0 bridgehead atoms. The summed E-state index contributed by atoms with van der Waals surface area (Å²) in [5.74, 6) is 2.09. The largest absolute Gasteiger partial charge is 0.356 e. The molecular weight excluding hydrogens is 210 g/mol. The molecule has 0 aliphatic carbocycles. The Labute approximate surface area is 108 Å². The van der Waals surface area contributed by atoms with Gasteiger partial charge in [-0.2, -0.15) is 0 Å². The zero-order chi connectivity index (χ0) is 13.3. The third-order valence-electron chi connectivity index (χ3n) is 2.97. The molecule has 0 aliphatic heterocycles. The third-order valence-corrected chi connectivity index (χ3v) is 2.97. The number of hydrogen-bond acceptors (Lipinski definition) is 1. The molecule has 0 aromatic rings. The quantitative estimate of drug-likeness (QED) is 0.607. The number of rotatable bonds is 9. The van der Waals surface area contributed by atoms with Gasteiger partial charge in [0.25, 0.3) is 0 Å². The first-order valence-electron chi connectivity index (χ1n) is 7.18. The lowest BCUT2D eigenvalue weighted by molar-refractivity contribution is -0.122. The molecule has 0 unspecified atom stereocenters. The summed E-state index contributed by atoms with van der Waals surface area (Å²) < 4.78 is 0. The fraction of sp³-hybridized carbons (Fsp3) is 0.933. The monoisotopic (exact) mass is 241 g/mol. The molecule has 0 saturated carbocycles. The van der Waals surface area contributed by atoms with Gasteiger partial charge in [0.2, 0.25) is 5.91 Å². The zero-order valence-electron chi connectivity index (χ0n) is 12.4. The van der Waals surface area contributed by atoms with E-state index in [-0.39, 0.29) is 5.91 Å². The summed E-state index contributed by atoms with van der Waals surface area (Å²) in [6, 6.07) is 0. The third kappa shape index (κ3) is 11.7. The van der Waals surface area contributed by atoms with Crippen LogP contribution in [0.15, 0.2) is 0 Å². The summed E-state index contributed by atoms with van der Waals surface area (Å²) in [5, 5.41) is 2.98. The van der Waals surface area contributed by atoms with Crippen LogP contribution in [0.5, 0.6) is 0 Å². The van der Waals surface area contributed by atoms with Gasteiger partial charge < -0.3 is 5.32 Å². The number of unbranched alkanes of at least 4 members (excludes halogenated alkanes) is 1. The van der Waals surface area contributed by atoms with E-state index in [9.17, 15) is 4.79 Å². The molecule has 0 aromatic heterocycles. The van der Waals surface area contributed by atoms with Crippen molar-refractivity contribution in [3.8, 4) is 0 Å². The van der Waals surface area contributed by atoms with Crippen molar-refractivity contribution in [2.24, 2.45) is 17.8 Å². The molecule has 0 spiro atoms. The molecule has 1 amide bonds. The number of carbonyl (C=O) groups excluding carboxylic acids is 1. The molecule has 17 heavy (non-hydrogen) atoms. The maximum absolute atomic E-state index is 11.6. The van der Waals surface area contributed by atoms with Gasteiger partial charge in [0.05, 0.1) is 0 Å². The minimum absolute atomic E-state index is 0.218. The van der Waals surface area contributed by atoms with Crippen molar-refractivity contribution < 1.29 is 4.79 Å². The fourth-order valence-corrected chi connectivity index (χ4v) is 1.85. The summed E-state index contributed by atoms with van der Waals surface area (Å²) in [6.45, 7) is 11.8. The molecule has 2 heteroatoms. The first-order chi connectivity index (χ1) is 7.91. The van der Waals surface area contributed by atoms with E-state index in [1.54, 1.807) is 0 Å². The van der Waals surface area contributed by atoms with E-state index in [0.717, 1.165) is 12.5 Å². The highest BCUT2D eigenvalue weighted by Gasteiger charge is 2.09. The van der Waals surface area contributed by atoms with Crippen molar-refractivity contribution >= 4 is 5.91 Å². The van der Waals surface area contributed by atoms with E-state index < -0.39 is 0 Å². The number of hydrogen-bond donors (Lipinski definition) is 1. The highest BCUT2D eigenvalue weighted by molar-refractivity contribution is 5.76. The normalized spacial score (nSPS) is 13.1. The molecule has 0 rings (SSSR count). The highest BCUT2D eigenvalue weighted by Crippen LogP contribution is 2.15. The summed E-state index contributed by atoms with van der Waals surface area (Å²) in [5.41, 5.74) is 0. The lowest BCUT2D eigenvalue weighted by Gasteiger charge is -2.13. The molecular formula is C15H31NO. The average molecular weight is 241 g/mol. The van der Waals surface area contributed by atoms with Crippen LogP contribution in [-0.2, 0) is 4.79 Å². The second kappa shape index (κ2) is 9.49. The first kappa shape index (κ1) is 16.5. The van der Waals surface area contributed by atoms with Crippen LogP contribution in [0, 0.1) is 17.8 Å². The Morgan fingerprint density at radius 1 is 0.941 bits per heavy atom. The summed E-state index contributed by atoms with van der Waals surface area (Å²) in [7, 11) is 0. The molecule has 1 N–H and O–H groups in total. The Morgan fingerprint density at radius 3 is 2.06 bits per heavy atom. The lowest BCUT2D eigenvalue weighted by atomic mass is 9.97. The number of amides is 1. The topological polar surface area (TPSA) is 29.1 Å². The van der Waals surface area contributed by atoms with E-state index in [4.69, 9.17) is 0 Å². The summed E-state index contributed by atoms with van der Waals surface area (Å²) in [4.78, 5) is 11.6. The predicted octanol–water partition coefficient (Wildman–Crippen LogP) is 4.00. The average Bonchev–Trinajstić information content (AvgIpc) is 2.21. The van der Waals surface area contributed by atoms with Crippen LogP contribution in [0.25, 0.3) is 0 Å². The highest BCUT2D eigenvalue weighted by atomic mass is 16.1. The molecule has 0 radical (unpaired) electrons. The standard InChI is InChI=1S/C15H31NO/c1-12(2)8-6-7-9-14(5)10-15(17)16-11-13(3)4/h12-14H,6-11H2,1-5H3,(H,16,17)/t14-/m1/s1. The van der Waals surface area contributed by atoms with Gasteiger partial charge in [0, 0.05) is 13.0 Å². The van der Waals surface area contributed by atoms with Gasteiger partial charge in [-0.15, -0.1) is 0 Å². The van der Waals surface area contributed by atoms with Crippen molar-refractivity contribution in [3.05, 3.63) is 0 Å². The van der Waals surface area contributed by atoms with Gasteiger partial charge in [-0.25, -0.2) is 0 Å². The molecule has 102 valence electrons. The maximum Gasteiger partial charge on any atom is 0.220 e. The van der Waals surface area contributed by atoms with E-state index in [2.05, 4.69) is 39.9 Å². The fourth-order valence-electron chi connectivity index (χ4n) is 1.85. The molecule has 0 aromatic carbocycles. The minimum atomic E-state index is 0.218. The van der Waals surface area contributed by atoms with E-state index in [0.29, 0.717) is 18.3 Å². The van der Waals surface area contributed by atoms with Crippen LogP contribution < -0.4 is 5.32 Å². The van der Waals surface area contributed by atoms with Crippen LogP contribution in [0.2, 0.25) is 0 Å². The molecule has 1 atom stereocenters. The van der Waals surface area contributed by atoms with Crippen LogP contribution in [0.4, 0.5) is 0 Å². The van der Waals surface area contributed by atoms with Crippen molar-refractivity contribution in [3.63, 3.8) is 0 Å². The Kier molecular flexibility index (Phi) is 9.20. The minimum Gasteiger partial charge on any atom is -0.356 e. The van der Waals surface area contributed by atoms with Crippen LogP contribution in [0.3, 0.4) is 0 Å². The van der Waals surface area contributed by atoms with Crippen molar-refractivity contribution in [2.45, 2.75) is 66.7 Å². The molecule has 0 heterocycles. The van der Waals surface area contributed by atoms with Crippen LogP contribution in [0.1, 0.15) is 66.7 Å². The van der Waals surface area contributed by atoms with E-state index in [1.807, 2.05) is 0 Å². The van der Waals surface area contributed by atoms with Crippen molar-refractivity contribution in [2.75, 3.05) is 6.54 Å². The van der Waals surface area contributed by atoms with Gasteiger partial charge in [0.1, 0.15) is 0 Å². The number of nitrogens with one attached hydrogen (secondary N) is 1. The second-order valence-electron chi connectivity index (χ2n) is 6.19. The van der Waals surface area contributed by atoms with Gasteiger partial charge >= 0.3 is 0 Å². The zero-order valence-corrected chi connectivity index (χ0v) is 12.4. The van der Waals surface area contributed by atoms with Gasteiger partial charge in [-0.3, -0.25) is 4.79 Å². The molecule has 2 nitrogen and oxygen atoms in total. The predicted molar refractivity (Wildman–Crippen MR) is 74.9 cm³/mol. The lowest BCUT2D eigenvalue weighted by Crippen LogP contribution is -2.28. The van der Waals surface area contributed by atoms with Crippen molar-refractivity contribution in [1.82, 2.24) is 5.32 Å². The van der Waals surface area contributed by atoms with E-state index in [1.165, 1.54) is 25.7 Å². The molecule has 0 saturated heterocycles. The molecule has 0 aliphatic rings. The van der Waals surface area contributed by atoms with Crippen molar-refractivity contribution in [1.29, 1.82) is 0 Å². The smallest absolute Gasteiger partial charge is 0.220 e. The van der Waals surface area contributed by atoms with E-state index >= 15 is 0 Å². The van der Waals surface area contributed by atoms with Crippen LogP contribution >= 0.6 is 0 Å². The number of carbonyl (C=O) groups is 1. The van der Waals surface area contributed by atoms with Gasteiger partial charge in [0.15, 0.2) is 0 Å². The van der Waals surface area contributed by atoms with Crippen LogP contribution in [-0.4, -0.2) is 12.5 Å². The summed E-state index contributed by atoms with van der Waals surface area (Å²) >= 11 is 0. The Morgan fingerprint density at radius 2 is 1.53 bits per heavy atom. The second-order valence-corrected chi connectivity index (χ2v) is 6.19. The SMILES string of the molecule is CC(C)CCCC[C@@H](C)CC(=O)NCC(C)C. The maximum atomic E-state index is 11.6. The Bertz CT molecular complexity index is 199. The van der Waals surface area contributed by atoms with Gasteiger partial charge in [-0.05, 0) is 17.8 Å². The van der Waals surface area contributed by atoms with Gasteiger partial charge in [-0.1, -0.05) is 60.3 Å². The summed E-state index contributed by atoms with van der Waals surface area (Å²) in [6.07, 6.45) is 5.74. The first-order valence-corrected chi connectivity index (χ1v) is 7.18. The molecule has 0 fully saturated rings. The Hall–Kier alpha value is -0.530.